The SMILES string of the molecule is O=C1CCC(N2Cc3cc(C[C@H]4CCCC[C@@H]4NC4CCS(=O)(=O)CC4)ccc3C2=O)C(=O)N1. The van der Waals surface area contributed by atoms with Gasteiger partial charge in [-0.2, -0.15) is 0 Å². The third kappa shape index (κ3) is 4.91. The van der Waals surface area contributed by atoms with Gasteiger partial charge in [0.25, 0.3) is 5.91 Å². The lowest BCUT2D eigenvalue weighted by Gasteiger charge is -2.36. The highest BCUT2D eigenvalue weighted by Gasteiger charge is 2.39. The van der Waals surface area contributed by atoms with E-state index in [0.717, 1.165) is 24.8 Å². The molecule has 3 atom stereocenters. The number of sulfone groups is 1. The van der Waals surface area contributed by atoms with Gasteiger partial charge in [-0.1, -0.05) is 25.0 Å². The number of benzene rings is 1. The Balaban J connectivity index is 1.24. The van der Waals surface area contributed by atoms with Crippen LogP contribution in [0, 0.1) is 5.92 Å². The molecule has 4 aliphatic rings. The zero-order chi connectivity index (χ0) is 23.9. The van der Waals surface area contributed by atoms with Gasteiger partial charge in [0.1, 0.15) is 15.9 Å². The van der Waals surface area contributed by atoms with Crippen LogP contribution in [0.4, 0.5) is 0 Å². The zero-order valence-corrected chi connectivity index (χ0v) is 20.2. The number of fused-ring (bicyclic) bond motifs is 1. The molecule has 2 N–H and O–H groups in total. The van der Waals surface area contributed by atoms with E-state index in [1.54, 1.807) is 4.90 Å². The summed E-state index contributed by atoms with van der Waals surface area (Å²) in [4.78, 5) is 38.3. The fourth-order valence-corrected chi connectivity index (χ4v) is 7.58. The van der Waals surface area contributed by atoms with Crippen LogP contribution in [-0.4, -0.2) is 60.7 Å². The van der Waals surface area contributed by atoms with Gasteiger partial charge in [-0.25, -0.2) is 8.42 Å². The first kappa shape index (κ1) is 23.5. The predicted molar refractivity (Wildman–Crippen MR) is 127 cm³/mol. The lowest BCUT2D eigenvalue weighted by molar-refractivity contribution is -0.136. The molecular formula is C25H33N3O5S. The van der Waals surface area contributed by atoms with Crippen LogP contribution in [-0.2, 0) is 32.4 Å². The standard InChI is InChI=1S/C25H33N3O5S/c29-23-8-7-22(24(30)27-23)28-15-18-14-16(5-6-20(18)25(28)31)13-17-3-1-2-4-21(17)26-19-9-11-34(32,33)12-10-19/h5-6,14,17,19,21-22,26H,1-4,7-13,15H2,(H,27,29,30)/t17-,21+,22?/m1/s1. The number of amides is 3. The van der Waals surface area contributed by atoms with Gasteiger partial charge < -0.3 is 10.2 Å². The summed E-state index contributed by atoms with van der Waals surface area (Å²) in [6.07, 6.45) is 7.59. The summed E-state index contributed by atoms with van der Waals surface area (Å²) in [6.45, 7) is 0.400. The van der Waals surface area contributed by atoms with Gasteiger partial charge in [-0.05, 0) is 61.6 Å². The fraction of sp³-hybridized carbons (Fsp3) is 0.640. The van der Waals surface area contributed by atoms with E-state index in [0.29, 0.717) is 43.3 Å². The van der Waals surface area contributed by atoms with E-state index in [1.807, 2.05) is 12.1 Å². The summed E-state index contributed by atoms with van der Waals surface area (Å²) in [5, 5.41) is 6.13. The third-order valence-electron chi connectivity index (χ3n) is 8.00. The molecule has 34 heavy (non-hydrogen) atoms. The van der Waals surface area contributed by atoms with E-state index in [9.17, 15) is 22.8 Å². The van der Waals surface area contributed by atoms with Crippen molar-refractivity contribution in [3.8, 4) is 0 Å². The number of imide groups is 1. The van der Waals surface area contributed by atoms with Crippen molar-refractivity contribution in [2.75, 3.05) is 11.5 Å². The van der Waals surface area contributed by atoms with Gasteiger partial charge in [0.05, 0.1) is 11.5 Å². The highest BCUT2D eigenvalue weighted by molar-refractivity contribution is 7.91. The molecule has 0 aromatic heterocycles. The van der Waals surface area contributed by atoms with Crippen molar-refractivity contribution in [2.24, 2.45) is 5.92 Å². The molecule has 0 radical (unpaired) electrons. The largest absolute Gasteiger partial charge is 0.322 e. The smallest absolute Gasteiger partial charge is 0.255 e. The topological polar surface area (TPSA) is 113 Å². The minimum Gasteiger partial charge on any atom is -0.322 e. The normalized spacial score (nSPS) is 29.7. The van der Waals surface area contributed by atoms with Crippen LogP contribution in [0.5, 0.6) is 0 Å². The Hall–Kier alpha value is -2.26. The van der Waals surface area contributed by atoms with Crippen LogP contribution in [0.15, 0.2) is 18.2 Å². The molecule has 0 bridgehead atoms. The first-order valence-electron chi connectivity index (χ1n) is 12.5. The lowest BCUT2D eigenvalue weighted by atomic mass is 9.80. The summed E-state index contributed by atoms with van der Waals surface area (Å²) >= 11 is 0. The molecule has 3 amide bonds. The molecule has 0 spiro atoms. The van der Waals surface area contributed by atoms with E-state index >= 15 is 0 Å². The van der Waals surface area contributed by atoms with E-state index in [4.69, 9.17) is 0 Å². The van der Waals surface area contributed by atoms with Crippen LogP contribution in [0.2, 0.25) is 0 Å². The van der Waals surface area contributed by atoms with Gasteiger partial charge in [0.15, 0.2) is 0 Å². The minimum absolute atomic E-state index is 0.138. The van der Waals surface area contributed by atoms with Gasteiger partial charge in [0.2, 0.25) is 11.8 Å². The number of carbonyl (C=O) groups excluding carboxylic acids is 3. The molecule has 1 aliphatic carbocycles. The van der Waals surface area contributed by atoms with Crippen molar-refractivity contribution in [2.45, 2.75) is 82.5 Å². The van der Waals surface area contributed by atoms with Crippen molar-refractivity contribution in [3.63, 3.8) is 0 Å². The zero-order valence-electron chi connectivity index (χ0n) is 19.4. The quantitative estimate of drug-likeness (QED) is 0.612. The molecule has 184 valence electrons. The summed E-state index contributed by atoms with van der Waals surface area (Å²) in [5.41, 5.74) is 2.79. The number of carbonyl (C=O) groups is 3. The first-order chi connectivity index (χ1) is 16.3. The maximum Gasteiger partial charge on any atom is 0.255 e. The Bertz CT molecular complexity index is 1090. The number of hydrogen-bond acceptors (Lipinski definition) is 6. The molecule has 2 saturated heterocycles. The number of rotatable bonds is 5. The molecule has 1 saturated carbocycles. The van der Waals surface area contributed by atoms with E-state index in [2.05, 4.69) is 16.7 Å². The van der Waals surface area contributed by atoms with Crippen LogP contribution < -0.4 is 10.6 Å². The van der Waals surface area contributed by atoms with Crippen LogP contribution in [0.1, 0.15) is 72.9 Å². The highest BCUT2D eigenvalue weighted by Crippen LogP contribution is 2.32. The van der Waals surface area contributed by atoms with Crippen molar-refractivity contribution in [3.05, 3.63) is 34.9 Å². The fourth-order valence-electron chi connectivity index (χ4n) is 6.09. The maximum absolute atomic E-state index is 13.0. The molecule has 3 fully saturated rings. The molecule has 8 nitrogen and oxygen atoms in total. The molecular weight excluding hydrogens is 454 g/mol. The molecule has 3 heterocycles. The molecule has 1 aromatic carbocycles. The Morgan fingerprint density at radius 2 is 1.76 bits per heavy atom. The van der Waals surface area contributed by atoms with E-state index < -0.39 is 15.9 Å². The second-order valence-corrected chi connectivity index (χ2v) is 12.6. The Morgan fingerprint density at radius 1 is 1.00 bits per heavy atom. The predicted octanol–water partition coefficient (Wildman–Crippen LogP) is 1.72. The summed E-state index contributed by atoms with van der Waals surface area (Å²) in [6, 6.07) is 6.09. The molecule has 1 unspecified atom stereocenters. The van der Waals surface area contributed by atoms with Crippen molar-refractivity contribution < 1.29 is 22.8 Å². The second-order valence-electron chi connectivity index (χ2n) is 10.3. The average Bonchev–Trinajstić information content (AvgIpc) is 3.12. The van der Waals surface area contributed by atoms with Gasteiger partial charge in [-0.3, -0.25) is 19.7 Å². The minimum atomic E-state index is -2.86. The Labute approximate surface area is 200 Å². The van der Waals surface area contributed by atoms with Crippen molar-refractivity contribution in [1.29, 1.82) is 0 Å². The molecule has 5 rings (SSSR count). The van der Waals surface area contributed by atoms with E-state index in [1.165, 1.54) is 18.4 Å². The first-order valence-corrected chi connectivity index (χ1v) is 14.3. The van der Waals surface area contributed by atoms with E-state index in [-0.39, 0.29) is 41.7 Å². The number of nitrogens with one attached hydrogen (secondary N) is 2. The number of nitrogens with zero attached hydrogens (tertiary/aromatic N) is 1. The van der Waals surface area contributed by atoms with Crippen LogP contribution >= 0.6 is 0 Å². The Morgan fingerprint density at radius 3 is 2.53 bits per heavy atom. The second kappa shape index (κ2) is 9.41. The molecule has 3 aliphatic heterocycles. The number of piperidine rings is 1. The van der Waals surface area contributed by atoms with Crippen molar-refractivity contribution in [1.82, 2.24) is 15.5 Å². The summed E-state index contributed by atoms with van der Waals surface area (Å²) < 4.78 is 23.5. The highest BCUT2D eigenvalue weighted by atomic mass is 32.2. The van der Waals surface area contributed by atoms with Crippen molar-refractivity contribution >= 4 is 27.6 Å². The molecule has 9 heteroatoms. The summed E-state index contributed by atoms with van der Waals surface area (Å²) in [7, 11) is -2.86. The lowest BCUT2D eigenvalue weighted by Crippen LogP contribution is -2.52. The molecule has 1 aromatic rings. The Kier molecular flexibility index (Phi) is 6.50. The van der Waals surface area contributed by atoms with Crippen LogP contribution in [0.25, 0.3) is 0 Å². The summed E-state index contributed by atoms with van der Waals surface area (Å²) in [5.74, 6) is 0.242. The van der Waals surface area contributed by atoms with Gasteiger partial charge in [0, 0.05) is 30.6 Å². The average molecular weight is 488 g/mol. The van der Waals surface area contributed by atoms with Gasteiger partial charge >= 0.3 is 0 Å². The van der Waals surface area contributed by atoms with Gasteiger partial charge in [-0.15, -0.1) is 0 Å². The monoisotopic (exact) mass is 487 g/mol. The van der Waals surface area contributed by atoms with Crippen LogP contribution in [0.3, 0.4) is 0 Å². The maximum atomic E-state index is 13.0. The third-order valence-corrected chi connectivity index (χ3v) is 9.71. The number of hydrogen-bond donors (Lipinski definition) is 2.